The van der Waals surface area contributed by atoms with Gasteiger partial charge in [-0.3, -0.25) is 4.79 Å². The Labute approximate surface area is 152 Å². The average molecular weight is 353 g/mol. The summed E-state index contributed by atoms with van der Waals surface area (Å²) in [6.07, 6.45) is 1.79. The van der Waals surface area contributed by atoms with Gasteiger partial charge in [0.1, 0.15) is 17.3 Å². The molecule has 1 heterocycles. The summed E-state index contributed by atoms with van der Waals surface area (Å²) >= 11 is 0. The molecule has 0 radical (unpaired) electrons. The number of H-pyrrole nitrogens is 1. The van der Waals surface area contributed by atoms with Crippen molar-refractivity contribution < 1.29 is 14.3 Å². The molecule has 6 nitrogen and oxygen atoms in total. The lowest BCUT2D eigenvalue weighted by Crippen LogP contribution is -2.26. The fourth-order valence-corrected chi connectivity index (χ4v) is 2.64. The second kappa shape index (κ2) is 8.89. The number of amides is 1. The Morgan fingerprint density at radius 2 is 2.00 bits per heavy atom. The predicted octanol–water partition coefficient (Wildman–Crippen LogP) is 3.09. The van der Waals surface area contributed by atoms with Gasteiger partial charge in [0.2, 0.25) is 5.91 Å². The van der Waals surface area contributed by atoms with Crippen molar-refractivity contribution in [2.75, 3.05) is 20.3 Å². The Hall–Kier alpha value is -3.02. The smallest absolute Gasteiger partial charge is 0.220 e. The zero-order valence-electron chi connectivity index (χ0n) is 14.8. The summed E-state index contributed by atoms with van der Waals surface area (Å²) in [6.45, 7) is 1.08. The van der Waals surface area contributed by atoms with Crippen LogP contribution in [-0.2, 0) is 11.2 Å². The van der Waals surface area contributed by atoms with E-state index in [4.69, 9.17) is 9.47 Å². The van der Waals surface area contributed by atoms with Gasteiger partial charge >= 0.3 is 0 Å². The van der Waals surface area contributed by atoms with Gasteiger partial charge in [-0.15, -0.1) is 0 Å². The van der Waals surface area contributed by atoms with Crippen molar-refractivity contribution in [3.8, 4) is 11.5 Å². The zero-order chi connectivity index (χ0) is 18.2. The highest BCUT2D eigenvalue weighted by Crippen LogP contribution is 2.18. The van der Waals surface area contributed by atoms with Crippen LogP contribution >= 0.6 is 0 Å². The van der Waals surface area contributed by atoms with Gasteiger partial charge in [-0.25, -0.2) is 4.98 Å². The van der Waals surface area contributed by atoms with Crippen LogP contribution in [0.15, 0.2) is 48.5 Å². The van der Waals surface area contributed by atoms with Crippen molar-refractivity contribution in [2.45, 2.75) is 19.3 Å². The van der Waals surface area contributed by atoms with E-state index in [0.717, 1.165) is 28.4 Å². The summed E-state index contributed by atoms with van der Waals surface area (Å²) < 4.78 is 10.8. The van der Waals surface area contributed by atoms with E-state index in [1.165, 1.54) is 0 Å². The zero-order valence-corrected chi connectivity index (χ0v) is 14.8. The maximum Gasteiger partial charge on any atom is 0.220 e. The van der Waals surface area contributed by atoms with Crippen molar-refractivity contribution >= 4 is 16.9 Å². The van der Waals surface area contributed by atoms with Crippen molar-refractivity contribution in [1.29, 1.82) is 0 Å². The van der Waals surface area contributed by atoms with E-state index < -0.39 is 0 Å². The van der Waals surface area contributed by atoms with E-state index in [-0.39, 0.29) is 5.91 Å². The molecule has 0 atom stereocenters. The molecule has 1 amide bonds. The minimum Gasteiger partial charge on any atom is -0.497 e. The molecule has 136 valence electrons. The average Bonchev–Trinajstić information content (AvgIpc) is 3.08. The largest absolute Gasteiger partial charge is 0.497 e. The number of carbonyl (C=O) groups is 1. The topological polar surface area (TPSA) is 76.2 Å². The molecule has 0 saturated carbocycles. The molecular weight excluding hydrogens is 330 g/mol. The number of rotatable bonds is 9. The Morgan fingerprint density at radius 3 is 2.81 bits per heavy atom. The number of benzene rings is 2. The third-order valence-electron chi connectivity index (χ3n) is 3.98. The number of para-hydroxylation sites is 1. The number of aromatic amines is 1. The van der Waals surface area contributed by atoms with Gasteiger partial charge in [0, 0.05) is 25.5 Å². The molecule has 2 aromatic carbocycles. The van der Waals surface area contributed by atoms with Gasteiger partial charge in [0.15, 0.2) is 0 Å². The van der Waals surface area contributed by atoms with Gasteiger partial charge < -0.3 is 19.8 Å². The Morgan fingerprint density at radius 1 is 1.15 bits per heavy atom. The maximum absolute atomic E-state index is 11.9. The van der Waals surface area contributed by atoms with E-state index in [0.29, 0.717) is 32.4 Å². The second-order valence-corrected chi connectivity index (χ2v) is 5.93. The third-order valence-corrected chi connectivity index (χ3v) is 3.98. The molecule has 26 heavy (non-hydrogen) atoms. The molecule has 0 aliphatic heterocycles. The van der Waals surface area contributed by atoms with Crippen LogP contribution in [0.1, 0.15) is 18.7 Å². The predicted molar refractivity (Wildman–Crippen MR) is 101 cm³/mol. The lowest BCUT2D eigenvalue weighted by molar-refractivity contribution is -0.121. The van der Waals surface area contributed by atoms with E-state index in [1.807, 2.05) is 48.5 Å². The van der Waals surface area contributed by atoms with Crippen LogP contribution in [0.25, 0.3) is 11.0 Å². The number of hydrogen-bond acceptors (Lipinski definition) is 4. The standard InChI is InChI=1S/C20H23N3O3/c1-25-16-9-10-17-18(14-16)23-19(22-17)11-12-21-20(24)8-5-13-26-15-6-3-2-4-7-15/h2-4,6-7,9-10,14H,5,8,11-13H2,1H3,(H,21,24)(H,22,23). The molecule has 6 heteroatoms. The molecule has 3 rings (SSSR count). The van der Waals surface area contributed by atoms with Gasteiger partial charge in [0.25, 0.3) is 0 Å². The van der Waals surface area contributed by atoms with Crippen molar-refractivity contribution in [3.63, 3.8) is 0 Å². The van der Waals surface area contributed by atoms with Crippen LogP contribution in [0, 0.1) is 0 Å². The summed E-state index contributed by atoms with van der Waals surface area (Å²) in [5, 5.41) is 2.92. The molecule has 1 aromatic heterocycles. The molecule has 0 fully saturated rings. The first kappa shape index (κ1) is 17.8. The van der Waals surface area contributed by atoms with Crippen LogP contribution in [0.3, 0.4) is 0 Å². The monoisotopic (exact) mass is 353 g/mol. The van der Waals surface area contributed by atoms with E-state index in [1.54, 1.807) is 7.11 Å². The van der Waals surface area contributed by atoms with Crippen LogP contribution in [-0.4, -0.2) is 36.1 Å². The highest BCUT2D eigenvalue weighted by molar-refractivity contribution is 5.77. The molecule has 0 aliphatic rings. The fourth-order valence-electron chi connectivity index (χ4n) is 2.64. The molecule has 3 aromatic rings. The van der Waals surface area contributed by atoms with Gasteiger partial charge in [-0.1, -0.05) is 18.2 Å². The molecule has 0 aliphatic carbocycles. The van der Waals surface area contributed by atoms with Crippen LogP contribution < -0.4 is 14.8 Å². The number of aromatic nitrogens is 2. The minimum absolute atomic E-state index is 0.0273. The molecular formula is C20H23N3O3. The number of fused-ring (bicyclic) bond motifs is 1. The molecule has 0 unspecified atom stereocenters. The Kier molecular flexibility index (Phi) is 6.09. The number of imidazole rings is 1. The highest BCUT2D eigenvalue weighted by atomic mass is 16.5. The number of ether oxygens (including phenoxy) is 2. The first-order valence-corrected chi connectivity index (χ1v) is 8.72. The van der Waals surface area contributed by atoms with E-state index in [2.05, 4.69) is 15.3 Å². The Bertz CT molecular complexity index is 846. The maximum atomic E-state index is 11.9. The SMILES string of the molecule is COc1ccc2nc(CCNC(=O)CCCOc3ccccc3)[nH]c2c1. The quantitative estimate of drug-likeness (QED) is 0.580. The number of carbonyl (C=O) groups excluding carboxylic acids is 1. The first-order chi connectivity index (χ1) is 12.7. The van der Waals surface area contributed by atoms with Gasteiger partial charge in [-0.05, 0) is 30.7 Å². The fraction of sp³-hybridized carbons (Fsp3) is 0.300. The molecule has 0 spiro atoms. The van der Waals surface area contributed by atoms with Crippen molar-refractivity contribution in [2.24, 2.45) is 0 Å². The first-order valence-electron chi connectivity index (χ1n) is 8.72. The van der Waals surface area contributed by atoms with Gasteiger partial charge in [0.05, 0.1) is 24.8 Å². The molecule has 0 saturated heterocycles. The summed E-state index contributed by atoms with van der Waals surface area (Å²) in [6, 6.07) is 15.3. The summed E-state index contributed by atoms with van der Waals surface area (Å²) in [5.74, 6) is 2.49. The number of methoxy groups -OCH3 is 1. The van der Waals surface area contributed by atoms with E-state index in [9.17, 15) is 4.79 Å². The third kappa shape index (κ3) is 4.99. The lowest BCUT2D eigenvalue weighted by Gasteiger charge is -2.06. The van der Waals surface area contributed by atoms with E-state index >= 15 is 0 Å². The summed E-state index contributed by atoms with van der Waals surface area (Å²) in [4.78, 5) is 19.7. The number of nitrogens with zero attached hydrogens (tertiary/aromatic N) is 1. The van der Waals surface area contributed by atoms with Crippen LogP contribution in [0.4, 0.5) is 0 Å². The van der Waals surface area contributed by atoms with Gasteiger partial charge in [-0.2, -0.15) is 0 Å². The van der Waals surface area contributed by atoms with Crippen LogP contribution in [0.5, 0.6) is 11.5 Å². The molecule has 0 bridgehead atoms. The minimum atomic E-state index is 0.0273. The highest BCUT2D eigenvalue weighted by Gasteiger charge is 2.06. The second-order valence-electron chi connectivity index (χ2n) is 5.93. The lowest BCUT2D eigenvalue weighted by atomic mass is 10.3. The number of nitrogens with one attached hydrogen (secondary N) is 2. The molecule has 2 N–H and O–H groups in total. The Balaban J connectivity index is 1.35. The number of hydrogen-bond donors (Lipinski definition) is 2. The van der Waals surface area contributed by atoms with Crippen LogP contribution in [0.2, 0.25) is 0 Å². The van der Waals surface area contributed by atoms with Crippen molar-refractivity contribution in [3.05, 3.63) is 54.4 Å². The normalized spacial score (nSPS) is 10.7. The van der Waals surface area contributed by atoms with Crippen molar-refractivity contribution in [1.82, 2.24) is 15.3 Å². The summed E-state index contributed by atoms with van der Waals surface area (Å²) in [7, 11) is 1.64. The summed E-state index contributed by atoms with van der Waals surface area (Å²) in [5.41, 5.74) is 1.83.